The van der Waals surface area contributed by atoms with Gasteiger partial charge in [0.05, 0.1) is 26.7 Å². The van der Waals surface area contributed by atoms with Crippen molar-refractivity contribution in [2.75, 3.05) is 14.2 Å². The van der Waals surface area contributed by atoms with E-state index in [1.54, 1.807) is 13.2 Å². The van der Waals surface area contributed by atoms with Crippen molar-refractivity contribution in [1.82, 2.24) is 0 Å². The maximum atomic E-state index is 11.8. The normalized spacial score (nSPS) is 23.1. The molecule has 138 valence electrons. The van der Waals surface area contributed by atoms with Gasteiger partial charge in [0.15, 0.2) is 5.79 Å². The lowest BCUT2D eigenvalue weighted by molar-refractivity contribution is -0.153. The first kappa shape index (κ1) is 19.5. The molecule has 0 aliphatic carbocycles. The van der Waals surface area contributed by atoms with Crippen LogP contribution in [-0.2, 0) is 19.0 Å². The zero-order valence-corrected chi connectivity index (χ0v) is 15.9. The van der Waals surface area contributed by atoms with E-state index in [9.17, 15) is 4.79 Å². The summed E-state index contributed by atoms with van der Waals surface area (Å²) in [5.41, 5.74) is 3.07. The molecule has 1 aliphatic heterocycles. The summed E-state index contributed by atoms with van der Waals surface area (Å²) < 4.78 is 22.8. The number of esters is 1. The molecule has 3 atom stereocenters. The van der Waals surface area contributed by atoms with Gasteiger partial charge in [-0.1, -0.05) is 17.7 Å². The second-order valence-corrected chi connectivity index (χ2v) is 6.90. The molecule has 0 amide bonds. The van der Waals surface area contributed by atoms with E-state index in [4.69, 9.17) is 18.9 Å². The van der Waals surface area contributed by atoms with Crippen molar-refractivity contribution >= 4 is 5.97 Å². The third kappa shape index (κ3) is 4.22. The number of carbonyl (C=O) groups is 1. The van der Waals surface area contributed by atoms with E-state index in [0.29, 0.717) is 0 Å². The van der Waals surface area contributed by atoms with Crippen LogP contribution in [-0.4, -0.2) is 32.1 Å². The Labute approximate surface area is 149 Å². The minimum absolute atomic E-state index is 0.188. The lowest BCUT2D eigenvalue weighted by Gasteiger charge is -2.25. The highest BCUT2D eigenvalue weighted by molar-refractivity contribution is 5.69. The van der Waals surface area contributed by atoms with Gasteiger partial charge in [0.25, 0.3) is 0 Å². The Kier molecular flexibility index (Phi) is 5.91. The van der Waals surface area contributed by atoms with Crippen LogP contribution in [0, 0.1) is 19.8 Å². The topological polar surface area (TPSA) is 54.0 Å². The molecule has 0 N–H and O–H groups in total. The summed E-state index contributed by atoms with van der Waals surface area (Å²) in [5.74, 6) is -0.521. The van der Waals surface area contributed by atoms with E-state index in [2.05, 4.69) is 12.6 Å². The highest BCUT2D eigenvalue weighted by Crippen LogP contribution is 2.46. The van der Waals surface area contributed by atoms with Gasteiger partial charge in [-0.15, -0.1) is 6.58 Å². The Bertz CT molecular complexity index is 650. The molecule has 1 heterocycles. The van der Waals surface area contributed by atoms with Gasteiger partial charge in [0.2, 0.25) is 0 Å². The molecule has 1 aromatic carbocycles. The van der Waals surface area contributed by atoms with Gasteiger partial charge in [-0.05, 0) is 39.3 Å². The van der Waals surface area contributed by atoms with Crippen LogP contribution in [0.3, 0.4) is 0 Å². The van der Waals surface area contributed by atoms with Gasteiger partial charge in [0.1, 0.15) is 11.9 Å². The summed E-state index contributed by atoms with van der Waals surface area (Å²) in [4.78, 5) is 11.8. The molecular weight excluding hydrogens is 320 g/mol. The first-order chi connectivity index (χ1) is 11.7. The maximum Gasteiger partial charge on any atom is 0.306 e. The van der Waals surface area contributed by atoms with Crippen LogP contribution in [0.5, 0.6) is 5.75 Å². The predicted molar refractivity (Wildman–Crippen MR) is 95.6 cm³/mol. The quantitative estimate of drug-likeness (QED) is 0.577. The van der Waals surface area contributed by atoms with Gasteiger partial charge in [-0.25, -0.2) is 0 Å². The molecule has 2 rings (SSSR count). The molecule has 5 nitrogen and oxygen atoms in total. The van der Waals surface area contributed by atoms with E-state index in [1.807, 2.05) is 33.8 Å². The Balaban J connectivity index is 2.46. The molecule has 1 saturated heterocycles. The van der Waals surface area contributed by atoms with Crippen LogP contribution < -0.4 is 4.74 Å². The second kappa shape index (κ2) is 7.58. The molecular formula is C20H28O5. The van der Waals surface area contributed by atoms with Crippen LogP contribution >= 0.6 is 0 Å². The minimum Gasteiger partial charge on any atom is -0.496 e. The summed E-state index contributed by atoms with van der Waals surface area (Å²) in [6.45, 7) is 11.6. The van der Waals surface area contributed by atoms with Crippen molar-refractivity contribution in [3.05, 3.63) is 41.5 Å². The fraction of sp³-hybridized carbons (Fsp3) is 0.550. The molecule has 0 radical (unpaired) electrons. The Morgan fingerprint density at radius 3 is 2.56 bits per heavy atom. The highest BCUT2D eigenvalue weighted by atomic mass is 16.8. The van der Waals surface area contributed by atoms with Crippen molar-refractivity contribution in [2.24, 2.45) is 5.92 Å². The molecule has 1 aliphatic rings. The number of rotatable bonds is 6. The summed E-state index contributed by atoms with van der Waals surface area (Å²) in [6, 6.07) is 4.12. The van der Waals surface area contributed by atoms with Crippen molar-refractivity contribution in [2.45, 2.75) is 52.1 Å². The summed E-state index contributed by atoms with van der Waals surface area (Å²) in [7, 11) is 3.03. The zero-order chi connectivity index (χ0) is 18.8. The number of hydrogen-bond acceptors (Lipinski definition) is 5. The third-order valence-corrected chi connectivity index (χ3v) is 4.44. The van der Waals surface area contributed by atoms with Crippen molar-refractivity contribution < 1.29 is 23.7 Å². The SMILES string of the molecule is C=CC(CC(=O)OC)[C@H]1OC(C)(C)O[C@@H]1c1cc(C)cc(C)c1OC. The minimum atomic E-state index is -0.768. The van der Waals surface area contributed by atoms with Gasteiger partial charge >= 0.3 is 5.97 Å². The number of ether oxygens (including phenoxy) is 4. The molecule has 1 aromatic rings. The molecule has 0 aromatic heterocycles. The second-order valence-electron chi connectivity index (χ2n) is 6.90. The molecule has 0 bridgehead atoms. The average molecular weight is 348 g/mol. The van der Waals surface area contributed by atoms with E-state index >= 15 is 0 Å². The zero-order valence-electron chi connectivity index (χ0n) is 15.9. The van der Waals surface area contributed by atoms with Crippen LogP contribution in [0.2, 0.25) is 0 Å². The molecule has 0 spiro atoms. The lowest BCUT2D eigenvalue weighted by Crippen LogP contribution is -2.28. The molecule has 0 saturated carbocycles. The highest BCUT2D eigenvalue weighted by Gasteiger charge is 2.46. The van der Waals surface area contributed by atoms with Crippen LogP contribution in [0.1, 0.15) is 43.1 Å². The van der Waals surface area contributed by atoms with E-state index in [1.165, 1.54) is 7.11 Å². The molecule has 1 fully saturated rings. The number of hydrogen-bond donors (Lipinski definition) is 0. The van der Waals surface area contributed by atoms with Gasteiger partial charge in [-0.3, -0.25) is 4.79 Å². The Morgan fingerprint density at radius 1 is 1.32 bits per heavy atom. The monoisotopic (exact) mass is 348 g/mol. The van der Waals surface area contributed by atoms with Crippen LogP contribution in [0.25, 0.3) is 0 Å². The summed E-state index contributed by atoms with van der Waals surface area (Å²) in [6.07, 6.45) is 1.19. The summed E-state index contributed by atoms with van der Waals surface area (Å²) in [5, 5.41) is 0. The van der Waals surface area contributed by atoms with Crippen molar-refractivity contribution in [3.8, 4) is 5.75 Å². The molecule has 5 heteroatoms. The predicted octanol–water partition coefficient (Wildman–Crippen LogP) is 3.87. The smallest absolute Gasteiger partial charge is 0.306 e. The number of benzene rings is 1. The maximum absolute atomic E-state index is 11.8. The number of methoxy groups -OCH3 is 2. The Hall–Kier alpha value is -1.85. The van der Waals surface area contributed by atoms with Gasteiger partial charge in [-0.2, -0.15) is 0 Å². The van der Waals surface area contributed by atoms with Gasteiger partial charge in [0, 0.05) is 11.5 Å². The Morgan fingerprint density at radius 2 is 2.00 bits per heavy atom. The van der Waals surface area contributed by atoms with Crippen LogP contribution in [0.4, 0.5) is 0 Å². The molecule has 1 unspecified atom stereocenters. The number of aryl methyl sites for hydroxylation is 2. The molecule has 25 heavy (non-hydrogen) atoms. The van der Waals surface area contributed by atoms with E-state index in [-0.39, 0.29) is 30.5 Å². The fourth-order valence-electron chi connectivity index (χ4n) is 3.43. The summed E-state index contributed by atoms with van der Waals surface area (Å²) >= 11 is 0. The van der Waals surface area contributed by atoms with E-state index < -0.39 is 5.79 Å². The first-order valence-corrected chi connectivity index (χ1v) is 8.42. The number of carbonyl (C=O) groups excluding carboxylic acids is 1. The largest absolute Gasteiger partial charge is 0.496 e. The van der Waals surface area contributed by atoms with Crippen LogP contribution in [0.15, 0.2) is 24.8 Å². The fourth-order valence-corrected chi connectivity index (χ4v) is 3.43. The van der Waals surface area contributed by atoms with Gasteiger partial charge < -0.3 is 18.9 Å². The van der Waals surface area contributed by atoms with Crippen molar-refractivity contribution in [1.29, 1.82) is 0 Å². The lowest BCUT2D eigenvalue weighted by atomic mass is 9.89. The van der Waals surface area contributed by atoms with Crippen molar-refractivity contribution in [3.63, 3.8) is 0 Å². The van der Waals surface area contributed by atoms with E-state index in [0.717, 1.165) is 22.4 Å². The average Bonchev–Trinajstić information content (AvgIpc) is 2.87. The first-order valence-electron chi connectivity index (χ1n) is 8.42. The third-order valence-electron chi connectivity index (χ3n) is 4.44. The standard InChI is InChI=1S/C20H28O5/c1-8-14(11-16(21)22-6)18-19(25-20(4,5)24-18)15-10-12(2)9-13(3)17(15)23-7/h8-10,14,18-19H,1,11H2,2-7H3/t14?,18-,19-/m1/s1.